The predicted molar refractivity (Wildman–Crippen MR) is 80.9 cm³/mol. The van der Waals surface area contributed by atoms with Crippen LogP contribution in [0.5, 0.6) is 0 Å². The van der Waals surface area contributed by atoms with Crippen LogP contribution in [-0.2, 0) is 11.3 Å². The van der Waals surface area contributed by atoms with E-state index in [2.05, 4.69) is 4.90 Å². The maximum Gasteiger partial charge on any atom is 0.310 e. The van der Waals surface area contributed by atoms with Crippen molar-refractivity contribution in [1.82, 2.24) is 4.90 Å². The first-order chi connectivity index (χ1) is 9.95. The number of halogens is 2. The van der Waals surface area contributed by atoms with Gasteiger partial charge in [0.25, 0.3) is 0 Å². The molecule has 1 aromatic carbocycles. The fourth-order valence-electron chi connectivity index (χ4n) is 3.29. The van der Waals surface area contributed by atoms with Crippen molar-refractivity contribution in [3.05, 3.63) is 34.6 Å². The zero-order chi connectivity index (χ0) is 15.5. The van der Waals surface area contributed by atoms with Crippen molar-refractivity contribution in [1.29, 1.82) is 0 Å². The summed E-state index contributed by atoms with van der Waals surface area (Å²) < 4.78 is 13.4. The number of hydrogen-bond acceptors (Lipinski definition) is 2. The Morgan fingerprint density at radius 2 is 2.24 bits per heavy atom. The highest BCUT2D eigenvalue weighted by atomic mass is 35.5. The molecule has 3 nitrogen and oxygen atoms in total. The second-order valence-electron chi connectivity index (χ2n) is 5.93. The maximum atomic E-state index is 13.4. The molecule has 0 aliphatic carbocycles. The molecule has 1 aliphatic rings. The van der Waals surface area contributed by atoms with Crippen LogP contribution < -0.4 is 0 Å². The number of nitrogens with zero attached hydrogens (tertiary/aromatic N) is 1. The third-order valence-electron chi connectivity index (χ3n) is 4.17. The molecule has 0 saturated carbocycles. The van der Waals surface area contributed by atoms with Gasteiger partial charge in [-0.1, -0.05) is 24.9 Å². The first-order valence-electron chi connectivity index (χ1n) is 7.36. The van der Waals surface area contributed by atoms with Gasteiger partial charge in [0.15, 0.2) is 0 Å². The first kappa shape index (κ1) is 16.2. The molecule has 21 heavy (non-hydrogen) atoms. The quantitative estimate of drug-likeness (QED) is 0.895. The highest BCUT2D eigenvalue weighted by molar-refractivity contribution is 6.30. The molecule has 0 aromatic heterocycles. The minimum Gasteiger partial charge on any atom is -0.481 e. The molecule has 1 aliphatic heterocycles. The Morgan fingerprint density at radius 1 is 1.48 bits per heavy atom. The van der Waals surface area contributed by atoms with Crippen LogP contribution in [0.25, 0.3) is 0 Å². The molecule has 1 saturated heterocycles. The van der Waals surface area contributed by atoms with Crippen molar-refractivity contribution < 1.29 is 14.3 Å². The van der Waals surface area contributed by atoms with Gasteiger partial charge in [-0.2, -0.15) is 0 Å². The molecule has 1 N–H and O–H groups in total. The number of piperidine rings is 1. The minimum absolute atomic E-state index is 0.354. The lowest BCUT2D eigenvalue weighted by Crippen LogP contribution is -2.47. The normalized spacial score (nSPS) is 23.2. The molecule has 116 valence electrons. The van der Waals surface area contributed by atoms with E-state index < -0.39 is 11.4 Å². The third-order valence-corrected chi connectivity index (χ3v) is 4.38. The van der Waals surface area contributed by atoms with E-state index in [-0.39, 0.29) is 5.82 Å². The smallest absolute Gasteiger partial charge is 0.310 e. The lowest BCUT2D eigenvalue weighted by atomic mass is 9.76. The zero-order valence-corrected chi connectivity index (χ0v) is 13.0. The van der Waals surface area contributed by atoms with Gasteiger partial charge in [0.05, 0.1) is 5.41 Å². The molecule has 0 bridgehead atoms. The summed E-state index contributed by atoms with van der Waals surface area (Å²) in [7, 11) is 0. The molecule has 0 amide bonds. The van der Waals surface area contributed by atoms with E-state index in [9.17, 15) is 14.3 Å². The molecule has 0 radical (unpaired) electrons. The van der Waals surface area contributed by atoms with Crippen LogP contribution in [0.1, 0.15) is 38.2 Å². The summed E-state index contributed by atoms with van der Waals surface area (Å²) in [5.41, 5.74) is 0.127. The van der Waals surface area contributed by atoms with E-state index in [1.807, 2.05) is 6.92 Å². The molecule has 1 fully saturated rings. The van der Waals surface area contributed by atoms with Crippen LogP contribution in [0.15, 0.2) is 18.2 Å². The Hall–Kier alpha value is -1.13. The monoisotopic (exact) mass is 313 g/mol. The van der Waals surface area contributed by atoms with Crippen LogP contribution in [0.3, 0.4) is 0 Å². The van der Waals surface area contributed by atoms with E-state index in [1.54, 1.807) is 6.07 Å². The van der Waals surface area contributed by atoms with E-state index in [0.29, 0.717) is 24.5 Å². The fraction of sp³-hybridized carbons (Fsp3) is 0.562. The second-order valence-corrected chi connectivity index (χ2v) is 6.36. The Balaban J connectivity index is 2.11. The maximum absolute atomic E-state index is 13.4. The summed E-state index contributed by atoms with van der Waals surface area (Å²) in [5, 5.41) is 9.96. The highest BCUT2D eigenvalue weighted by Gasteiger charge is 2.41. The molecular formula is C16H21ClFNO2. The number of carboxylic acid groups (broad SMARTS) is 1. The Morgan fingerprint density at radius 3 is 2.86 bits per heavy atom. The molecule has 1 aromatic rings. The van der Waals surface area contributed by atoms with Gasteiger partial charge in [0.2, 0.25) is 0 Å². The number of hydrogen-bond donors (Lipinski definition) is 1. The SMILES string of the molecule is CCCC1(C(=O)O)CCCN(Cc2cc(F)cc(Cl)c2)C1. The van der Waals surface area contributed by atoms with Gasteiger partial charge in [0, 0.05) is 18.1 Å². The van der Waals surface area contributed by atoms with Crippen LogP contribution in [0.4, 0.5) is 4.39 Å². The first-order valence-corrected chi connectivity index (χ1v) is 7.74. The number of likely N-dealkylation sites (tertiary alicyclic amines) is 1. The van der Waals surface area contributed by atoms with Crippen molar-refractivity contribution in [3.63, 3.8) is 0 Å². The summed E-state index contributed by atoms with van der Waals surface area (Å²) in [6.07, 6.45) is 3.11. The summed E-state index contributed by atoms with van der Waals surface area (Å²) >= 11 is 5.87. The van der Waals surface area contributed by atoms with Gasteiger partial charge in [0.1, 0.15) is 5.82 Å². The summed E-state index contributed by atoms with van der Waals surface area (Å²) in [5.74, 6) is -1.07. The second kappa shape index (κ2) is 6.75. The van der Waals surface area contributed by atoms with Gasteiger partial charge < -0.3 is 5.11 Å². The summed E-state index contributed by atoms with van der Waals surface area (Å²) in [4.78, 5) is 13.8. The molecule has 1 atom stereocenters. The largest absolute Gasteiger partial charge is 0.481 e. The molecule has 1 unspecified atom stereocenters. The lowest BCUT2D eigenvalue weighted by Gasteiger charge is -2.40. The Labute approximate surface area is 129 Å². The number of carboxylic acids is 1. The summed E-state index contributed by atoms with van der Waals surface area (Å²) in [6.45, 7) is 3.91. The van der Waals surface area contributed by atoms with Crippen LogP contribution in [0.2, 0.25) is 5.02 Å². The van der Waals surface area contributed by atoms with Gasteiger partial charge >= 0.3 is 5.97 Å². The summed E-state index contributed by atoms with van der Waals surface area (Å²) in [6, 6.07) is 4.48. The minimum atomic E-state index is -0.716. The zero-order valence-electron chi connectivity index (χ0n) is 12.2. The van der Waals surface area contributed by atoms with Crippen molar-refractivity contribution in [2.45, 2.75) is 39.2 Å². The average Bonchev–Trinajstić information content (AvgIpc) is 2.37. The molecule has 1 heterocycles. The van der Waals surface area contributed by atoms with Gasteiger partial charge in [-0.3, -0.25) is 9.69 Å². The molecule has 0 spiro atoms. The standard InChI is InChI=1S/C16H21ClFNO2/c1-2-4-16(15(20)21)5-3-6-19(11-16)10-12-7-13(17)9-14(18)8-12/h7-9H,2-6,10-11H2,1H3,(H,20,21). The number of benzene rings is 1. The van der Waals surface area contributed by atoms with E-state index >= 15 is 0 Å². The van der Waals surface area contributed by atoms with Crippen LogP contribution >= 0.6 is 11.6 Å². The topological polar surface area (TPSA) is 40.5 Å². The Bertz CT molecular complexity index is 499. The Kier molecular flexibility index (Phi) is 5.22. The van der Waals surface area contributed by atoms with Crippen LogP contribution in [-0.4, -0.2) is 29.1 Å². The average molecular weight is 314 g/mol. The van der Waals surface area contributed by atoms with Crippen molar-refractivity contribution in [3.8, 4) is 0 Å². The van der Waals surface area contributed by atoms with E-state index in [4.69, 9.17) is 11.6 Å². The van der Waals surface area contributed by atoms with Crippen molar-refractivity contribution >= 4 is 17.6 Å². The van der Waals surface area contributed by atoms with Crippen molar-refractivity contribution in [2.24, 2.45) is 5.41 Å². The lowest BCUT2D eigenvalue weighted by molar-refractivity contribution is -0.153. The molecule has 5 heteroatoms. The van der Waals surface area contributed by atoms with Gasteiger partial charge in [-0.25, -0.2) is 4.39 Å². The highest BCUT2D eigenvalue weighted by Crippen LogP contribution is 2.35. The predicted octanol–water partition coefficient (Wildman–Crippen LogP) is 3.95. The number of carbonyl (C=O) groups is 1. The fourth-order valence-corrected chi connectivity index (χ4v) is 3.53. The van der Waals surface area contributed by atoms with Gasteiger partial charge in [-0.05, 0) is 49.6 Å². The van der Waals surface area contributed by atoms with E-state index in [0.717, 1.165) is 31.4 Å². The van der Waals surface area contributed by atoms with Gasteiger partial charge in [-0.15, -0.1) is 0 Å². The van der Waals surface area contributed by atoms with Crippen LogP contribution in [0, 0.1) is 11.2 Å². The number of rotatable bonds is 5. The van der Waals surface area contributed by atoms with E-state index in [1.165, 1.54) is 12.1 Å². The molecule has 2 rings (SSSR count). The molecular weight excluding hydrogens is 293 g/mol. The number of aliphatic carboxylic acids is 1. The van der Waals surface area contributed by atoms with Crippen molar-refractivity contribution in [2.75, 3.05) is 13.1 Å². The third kappa shape index (κ3) is 3.95.